The normalized spacial score (nSPS) is 19.1. The predicted molar refractivity (Wildman–Crippen MR) is 86.2 cm³/mol. The lowest BCUT2D eigenvalue weighted by Crippen LogP contribution is -2.35. The van der Waals surface area contributed by atoms with Crippen molar-refractivity contribution >= 4 is 0 Å². The van der Waals surface area contributed by atoms with Crippen LogP contribution in [-0.2, 0) is 0 Å². The highest BCUT2D eigenvalue weighted by Crippen LogP contribution is 2.37. The maximum atomic E-state index is 14.2. The van der Waals surface area contributed by atoms with E-state index < -0.39 is 5.82 Å². The van der Waals surface area contributed by atoms with E-state index in [1.165, 1.54) is 13.2 Å². The van der Waals surface area contributed by atoms with Gasteiger partial charge in [-0.3, -0.25) is 4.98 Å². The smallest absolute Gasteiger partial charge is 0.197 e. The Morgan fingerprint density at radius 2 is 2.17 bits per heavy atom. The standard InChI is InChI=1S/C18H21FN2O2/c1-22-16-9-4-7-14(19)18(16)23-17(13-6-5-10-20-12-13)15-8-2-3-11-21-15/h2-4,7-9,11,13,17,20H,5-6,10,12H2,1H3. The maximum absolute atomic E-state index is 14.2. The van der Waals surface area contributed by atoms with Crippen LogP contribution in [0.25, 0.3) is 0 Å². The second-order valence-electron chi connectivity index (χ2n) is 5.67. The van der Waals surface area contributed by atoms with Gasteiger partial charge in [0.15, 0.2) is 17.3 Å². The van der Waals surface area contributed by atoms with Crippen molar-refractivity contribution in [3.05, 3.63) is 54.1 Å². The number of piperidine rings is 1. The molecule has 1 fully saturated rings. The molecule has 122 valence electrons. The number of aromatic nitrogens is 1. The number of hydrogen-bond acceptors (Lipinski definition) is 4. The number of para-hydroxylation sites is 1. The van der Waals surface area contributed by atoms with Crippen molar-refractivity contribution < 1.29 is 13.9 Å². The third-order valence-corrected chi connectivity index (χ3v) is 4.14. The molecule has 23 heavy (non-hydrogen) atoms. The SMILES string of the molecule is COc1cccc(F)c1OC(c1ccccn1)C1CCCNC1. The molecule has 0 spiro atoms. The van der Waals surface area contributed by atoms with Crippen LogP contribution < -0.4 is 14.8 Å². The third kappa shape index (κ3) is 3.62. The summed E-state index contributed by atoms with van der Waals surface area (Å²) < 4.78 is 25.6. The molecule has 1 aliphatic heterocycles. The molecule has 1 saturated heterocycles. The number of rotatable bonds is 5. The molecule has 0 radical (unpaired) electrons. The van der Waals surface area contributed by atoms with Gasteiger partial charge in [0.25, 0.3) is 0 Å². The minimum atomic E-state index is -0.422. The lowest BCUT2D eigenvalue weighted by Gasteiger charge is -2.31. The predicted octanol–water partition coefficient (Wildman–Crippen LogP) is 3.35. The summed E-state index contributed by atoms with van der Waals surface area (Å²) in [6.07, 6.45) is 3.52. The monoisotopic (exact) mass is 316 g/mol. The van der Waals surface area contributed by atoms with Gasteiger partial charge in [0.1, 0.15) is 6.10 Å². The molecule has 2 unspecified atom stereocenters. The average Bonchev–Trinajstić information content (AvgIpc) is 2.62. The Bertz CT molecular complexity index is 630. The number of nitrogens with one attached hydrogen (secondary N) is 1. The lowest BCUT2D eigenvalue weighted by atomic mass is 9.91. The van der Waals surface area contributed by atoms with E-state index in [9.17, 15) is 4.39 Å². The van der Waals surface area contributed by atoms with Crippen molar-refractivity contribution in [2.45, 2.75) is 18.9 Å². The first kappa shape index (κ1) is 15.7. The Kier molecular flexibility index (Phi) is 5.08. The first-order valence-electron chi connectivity index (χ1n) is 7.90. The van der Waals surface area contributed by atoms with Crippen LogP contribution in [0.2, 0.25) is 0 Å². The second-order valence-corrected chi connectivity index (χ2v) is 5.67. The first-order valence-corrected chi connectivity index (χ1v) is 7.90. The Morgan fingerprint density at radius 1 is 1.26 bits per heavy atom. The molecular formula is C18H21FN2O2. The summed E-state index contributed by atoms with van der Waals surface area (Å²) in [5, 5.41) is 3.38. The van der Waals surface area contributed by atoms with Crippen molar-refractivity contribution in [2.75, 3.05) is 20.2 Å². The van der Waals surface area contributed by atoms with Gasteiger partial charge >= 0.3 is 0 Å². The number of hydrogen-bond donors (Lipinski definition) is 1. The summed E-state index contributed by atoms with van der Waals surface area (Å²) in [5.74, 6) is 0.364. The van der Waals surface area contributed by atoms with Gasteiger partial charge in [0.05, 0.1) is 12.8 Å². The summed E-state index contributed by atoms with van der Waals surface area (Å²) in [6.45, 7) is 1.84. The molecule has 0 saturated carbocycles. The van der Waals surface area contributed by atoms with Gasteiger partial charge in [-0.2, -0.15) is 0 Å². The number of halogens is 1. The molecule has 0 aliphatic carbocycles. The maximum Gasteiger partial charge on any atom is 0.197 e. The summed E-state index contributed by atoms with van der Waals surface area (Å²) in [5.41, 5.74) is 0.812. The van der Waals surface area contributed by atoms with Crippen molar-refractivity contribution in [3.8, 4) is 11.5 Å². The molecule has 0 bridgehead atoms. The van der Waals surface area contributed by atoms with E-state index in [1.807, 2.05) is 18.2 Å². The van der Waals surface area contributed by atoms with Gasteiger partial charge in [0, 0.05) is 18.7 Å². The van der Waals surface area contributed by atoms with Gasteiger partial charge in [-0.15, -0.1) is 0 Å². The van der Waals surface area contributed by atoms with Gasteiger partial charge < -0.3 is 14.8 Å². The van der Waals surface area contributed by atoms with Gasteiger partial charge in [-0.1, -0.05) is 12.1 Å². The van der Waals surface area contributed by atoms with E-state index in [2.05, 4.69) is 10.3 Å². The number of benzene rings is 1. The van der Waals surface area contributed by atoms with E-state index >= 15 is 0 Å². The van der Waals surface area contributed by atoms with Crippen LogP contribution in [0.15, 0.2) is 42.6 Å². The quantitative estimate of drug-likeness (QED) is 0.919. The molecule has 1 aromatic carbocycles. The highest BCUT2D eigenvalue weighted by atomic mass is 19.1. The van der Waals surface area contributed by atoms with Crippen molar-refractivity contribution in [2.24, 2.45) is 5.92 Å². The zero-order valence-electron chi connectivity index (χ0n) is 13.2. The molecule has 5 heteroatoms. The topological polar surface area (TPSA) is 43.4 Å². The molecule has 2 heterocycles. The second kappa shape index (κ2) is 7.42. The molecule has 0 amide bonds. The highest BCUT2D eigenvalue weighted by Gasteiger charge is 2.29. The number of pyridine rings is 1. The van der Waals surface area contributed by atoms with Crippen LogP contribution >= 0.6 is 0 Å². The van der Waals surface area contributed by atoms with Crippen molar-refractivity contribution in [3.63, 3.8) is 0 Å². The fourth-order valence-corrected chi connectivity index (χ4v) is 2.97. The Balaban J connectivity index is 1.93. The van der Waals surface area contributed by atoms with Crippen LogP contribution in [-0.4, -0.2) is 25.2 Å². The fourth-order valence-electron chi connectivity index (χ4n) is 2.97. The minimum absolute atomic E-state index is 0.149. The van der Waals surface area contributed by atoms with Crippen LogP contribution in [0.5, 0.6) is 11.5 Å². The van der Waals surface area contributed by atoms with E-state index in [-0.39, 0.29) is 17.8 Å². The summed E-state index contributed by atoms with van der Waals surface area (Å²) in [6, 6.07) is 10.4. The van der Waals surface area contributed by atoms with Gasteiger partial charge in [0.2, 0.25) is 0 Å². The van der Waals surface area contributed by atoms with Gasteiger partial charge in [-0.25, -0.2) is 4.39 Å². The van der Waals surface area contributed by atoms with E-state index in [1.54, 1.807) is 18.3 Å². The Morgan fingerprint density at radius 3 is 2.87 bits per heavy atom. The minimum Gasteiger partial charge on any atom is -0.493 e. The highest BCUT2D eigenvalue weighted by molar-refractivity contribution is 5.41. The Hall–Kier alpha value is -2.14. The largest absolute Gasteiger partial charge is 0.493 e. The summed E-state index contributed by atoms with van der Waals surface area (Å²) in [4.78, 5) is 4.42. The molecule has 4 nitrogen and oxygen atoms in total. The molecule has 1 aromatic heterocycles. The number of methoxy groups -OCH3 is 1. The number of ether oxygens (including phenoxy) is 2. The first-order chi connectivity index (χ1) is 11.3. The molecule has 2 atom stereocenters. The molecular weight excluding hydrogens is 295 g/mol. The summed E-state index contributed by atoms with van der Waals surface area (Å²) >= 11 is 0. The molecule has 1 aliphatic rings. The lowest BCUT2D eigenvalue weighted by molar-refractivity contribution is 0.103. The summed E-state index contributed by atoms with van der Waals surface area (Å²) in [7, 11) is 1.51. The van der Waals surface area contributed by atoms with E-state index in [0.29, 0.717) is 5.75 Å². The van der Waals surface area contributed by atoms with Crippen molar-refractivity contribution in [1.29, 1.82) is 0 Å². The molecule has 2 aromatic rings. The van der Waals surface area contributed by atoms with Crippen LogP contribution in [0, 0.1) is 11.7 Å². The van der Waals surface area contributed by atoms with E-state index in [0.717, 1.165) is 31.6 Å². The van der Waals surface area contributed by atoms with Crippen LogP contribution in [0.1, 0.15) is 24.6 Å². The Labute approximate surface area is 135 Å². The molecule has 3 rings (SSSR count). The van der Waals surface area contributed by atoms with E-state index in [4.69, 9.17) is 9.47 Å². The zero-order valence-corrected chi connectivity index (χ0v) is 13.2. The average molecular weight is 316 g/mol. The van der Waals surface area contributed by atoms with Gasteiger partial charge in [-0.05, 0) is 43.7 Å². The fraction of sp³-hybridized carbons (Fsp3) is 0.389. The third-order valence-electron chi connectivity index (χ3n) is 4.14. The van der Waals surface area contributed by atoms with Crippen LogP contribution in [0.4, 0.5) is 4.39 Å². The van der Waals surface area contributed by atoms with Crippen LogP contribution in [0.3, 0.4) is 0 Å². The zero-order chi connectivity index (χ0) is 16.1. The molecule has 1 N–H and O–H groups in total. The van der Waals surface area contributed by atoms with Crippen molar-refractivity contribution in [1.82, 2.24) is 10.3 Å². The number of nitrogens with zero attached hydrogens (tertiary/aromatic N) is 1.